The number of aliphatic imine (C=N–C) groups is 1. The lowest BCUT2D eigenvalue weighted by Gasteiger charge is -2.05. The maximum atomic E-state index is 13.4. The highest BCUT2D eigenvalue weighted by Crippen LogP contribution is 2.29. The number of hydrogen-bond donors (Lipinski definition) is 1. The Balaban J connectivity index is 2.08. The van der Waals surface area contributed by atoms with E-state index in [0.717, 1.165) is 29.5 Å². The van der Waals surface area contributed by atoms with Crippen molar-refractivity contribution in [3.8, 4) is 5.69 Å². The molecule has 0 spiro atoms. The maximum absolute atomic E-state index is 13.4. The largest absolute Gasteiger partial charge is 0.433 e. The molecule has 0 saturated carbocycles. The zero-order chi connectivity index (χ0) is 21.3. The molecule has 150 valence electrons. The first-order valence-corrected chi connectivity index (χ1v) is 8.36. The van der Waals surface area contributed by atoms with Crippen molar-refractivity contribution in [3.05, 3.63) is 85.3 Å². The Kier molecular flexibility index (Phi) is 5.10. The van der Waals surface area contributed by atoms with Gasteiger partial charge in [0.15, 0.2) is 5.69 Å². The number of nitrogens with zero attached hydrogens (tertiary/aromatic N) is 3. The van der Waals surface area contributed by atoms with Crippen molar-refractivity contribution >= 4 is 17.6 Å². The van der Waals surface area contributed by atoms with Gasteiger partial charge in [0, 0.05) is 18.3 Å². The number of nitro groups is 1. The van der Waals surface area contributed by atoms with Crippen molar-refractivity contribution in [2.45, 2.75) is 20.0 Å². The second-order valence-corrected chi connectivity index (χ2v) is 6.34. The number of non-ortho nitro benzene ring substituents is 1. The van der Waals surface area contributed by atoms with Crippen LogP contribution in [0.2, 0.25) is 0 Å². The van der Waals surface area contributed by atoms with Crippen LogP contribution >= 0.6 is 0 Å². The molecule has 3 aromatic rings. The fourth-order valence-corrected chi connectivity index (χ4v) is 2.64. The molecule has 0 radical (unpaired) electrons. The first kappa shape index (κ1) is 20.1. The third kappa shape index (κ3) is 4.10. The van der Waals surface area contributed by atoms with Crippen LogP contribution in [0.3, 0.4) is 0 Å². The highest BCUT2D eigenvalue weighted by atomic mass is 19.4. The average molecular weight is 404 g/mol. The summed E-state index contributed by atoms with van der Waals surface area (Å²) in [7, 11) is 0. The minimum Gasteiger partial charge on any atom is -0.286 e. The van der Waals surface area contributed by atoms with Crippen LogP contribution in [0.25, 0.3) is 5.69 Å². The van der Waals surface area contributed by atoms with Crippen molar-refractivity contribution in [2.75, 3.05) is 0 Å². The summed E-state index contributed by atoms with van der Waals surface area (Å²) in [5.74, 6) is 0. The molecule has 10 heteroatoms. The Bertz CT molecular complexity index is 1160. The summed E-state index contributed by atoms with van der Waals surface area (Å²) in [6.07, 6.45) is -3.95. The Hall–Kier alpha value is -3.69. The molecule has 0 saturated heterocycles. The molecular weight excluding hydrogens is 389 g/mol. The van der Waals surface area contributed by atoms with Gasteiger partial charge in [0.2, 0.25) is 0 Å². The number of halogens is 3. The van der Waals surface area contributed by atoms with Crippen molar-refractivity contribution < 1.29 is 18.1 Å². The minimum atomic E-state index is -4.82. The molecular formula is C19H15F3N4O3. The van der Waals surface area contributed by atoms with Crippen molar-refractivity contribution in [1.82, 2.24) is 9.78 Å². The second-order valence-electron chi connectivity index (χ2n) is 6.34. The molecule has 0 unspecified atom stereocenters. The predicted molar refractivity (Wildman–Crippen MR) is 101 cm³/mol. The third-order valence-electron chi connectivity index (χ3n) is 4.36. The van der Waals surface area contributed by atoms with E-state index in [9.17, 15) is 28.1 Å². The van der Waals surface area contributed by atoms with Crippen molar-refractivity contribution in [2.24, 2.45) is 4.99 Å². The number of nitrogens with one attached hydrogen (secondary N) is 1. The van der Waals surface area contributed by atoms with Crippen LogP contribution in [0, 0.1) is 24.0 Å². The summed E-state index contributed by atoms with van der Waals surface area (Å²) in [4.78, 5) is 26.7. The summed E-state index contributed by atoms with van der Waals surface area (Å²) in [6.45, 7) is 3.73. The van der Waals surface area contributed by atoms with E-state index >= 15 is 0 Å². The van der Waals surface area contributed by atoms with E-state index in [2.05, 4.69) is 4.99 Å². The number of rotatable bonds is 4. The van der Waals surface area contributed by atoms with Gasteiger partial charge in [0.25, 0.3) is 11.2 Å². The van der Waals surface area contributed by atoms with E-state index in [-0.39, 0.29) is 11.4 Å². The number of alkyl halides is 3. The van der Waals surface area contributed by atoms with E-state index in [4.69, 9.17) is 0 Å². The van der Waals surface area contributed by atoms with Crippen LogP contribution < -0.4 is 5.56 Å². The van der Waals surface area contributed by atoms with E-state index in [1.165, 1.54) is 12.1 Å². The van der Waals surface area contributed by atoms with E-state index < -0.39 is 27.9 Å². The maximum Gasteiger partial charge on any atom is 0.433 e. The van der Waals surface area contributed by atoms with Crippen molar-refractivity contribution in [3.63, 3.8) is 0 Å². The smallest absolute Gasteiger partial charge is 0.286 e. The van der Waals surface area contributed by atoms with Gasteiger partial charge in [-0.3, -0.25) is 25.0 Å². The van der Waals surface area contributed by atoms with Crippen LogP contribution in [0.5, 0.6) is 0 Å². The van der Waals surface area contributed by atoms with Gasteiger partial charge in [-0.2, -0.15) is 13.2 Å². The second kappa shape index (κ2) is 7.38. The molecule has 1 aromatic heterocycles. The lowest BCUT2D eigenvalue weighted by molar-refractivity contribution is -0.384. The highest BCUT2D eigenvalue weighted by molar-refractivity contribution is 5.83. The zero-order valence-corrected chi connectivity index (χ0v) is 15.3. The zero-order valence-electron chi connectivity index (χ0n) is 15.3. The van der Waals surface area contributed by atoms with Gasteiger partial charge in [-0.1, -0.05) is 6.07 Å². The number of aromatic amines is 1. The third-order valence-corrected chi connectivity index (χ3v) is 4.36. The van der Waals surface area contributed by atoms with E-state index in [0.29, 0.717) is 10.4 Å². The lowest BCUT2D eigenvalue weighted by atomic mass is 10.1. The Labute approximate surface area is 162 Å². The fraction of sp³-hybridized carbons (Fsp3) is 0.158. The number of nitro benzene ring substituents is 1. The van der Waals surface area contributed by atoms with Gasteiger partial charge in [-0.15, -0.1) is 0 Å². The molecule has 0 amide bonds. The van der Waals surface area contributed by atoms with E-state index in [1.807, 2.05) is 18.9 Å². The van der Waals surface area contributed by atoms with Gasteiger partial charge in [-0.25, -0.2) is 4.68 Å². The molecule has 1 N–H and O–H groups in total. The van der Waals surface area contributed by atoms with Gasteiger partial charge in [0.1, 0.15) is 0 Å². The van der Waals surface area contributed by atoms with Gasteiger partial charge < -0.3 is 0 Å². The summed E-state index contributed by atoms with van der Waals surface area (Å²) in [5, 5.41) is 12.8. The van der Waals surface area contributed by atoms with Gasteiger partial charge >= 0.3 is 6.18 Å². The Morgan fingerprint density at radius 3 is 2.31 bits per heavy atom. The number of aryl methyl sites for hydroxylation is 2. The normalized spacial score (nSPS) is 11.9. The quantitative estimate of drug-likeness (QED) is 0.395. The molecule has 0 aliphatic rings. The van der Waals surface area contributed by atoms with Crippen LogP contribution in [-0.4, -0.2) is 20.9 Å². The molecule has 3 rings (SSSR count). The fourth-order valence-electron chi connectivity index (χ4n) is 2.64. The predicted octanol–water partition coefficient (Wildman–Crippen LogP) is 4.46. The number of H-pyrrole nitrogens is 1. The summed E-state index contributed by atoms with van der Waals surface area (Å²) >= 11 is 0. The van der Waals surface area contributed by atoms with Crippen LogP contribution in [0.4, 0.5) is 24.5 Å². The Morgan fingerprint density at radius 1 is 1.10 bits per heavy atom. The highest BCUT2D eigenvalue weighted by Gasteiger charge is 2.37. The number of aromatic nitrogens is 2. The SMILES string of the molecule is Cc1ccc(N=Cc2c(C(F)(F)F)[nH]n(-c3ccc([N+](=O)[O-])cc3)c2=O)cc1C. The molecule has 0 bridgehead atoms. The molecule has 29 heavy (non-hydrogen) atoms. The first-order valence-electron chi connectivity index (χ1n) is 8.36. The Morgan fingerprint density at radius 2 is 1.76 bits per heavy atom. The average Bonchev–Trinajstić information content (AvgIpc) is 2.99. The monoisotopic (exact) mass is 404 g/mol. The van der Waals surface area contributed by atoms with Crippen molar-refractivity contribution in [1.29, 1.82) is 0 Å². The molecule has 2 aromatic carbocycles. The summed E-state index contributed by atoms with van der Waals surface area (Å²) in [5.41, 5.74) is -0.794. The molecule has 0 aliphatic carbocycles. The van der Waals surface area contributed by atoms with E-state index in [1.54, 1.807) is 18.2 Å². The minimum absolute atomic E-state index is 0.0249. The van der Waals surface area contributed by atoms with Gasteiger partial charge in [0.05, 0.1) is 21.9 Å². The van der Waals surface area contributed by atoms with Crippen LogP contribution in [-0.2, 0) is 6.18 Å². The lowest BCUT2D eigenvalue weighted by Crippen LogP contribution is -2.17. The topological polar surface area (TPSA) is 93.3 Å². The molecule has 0 atom stereocenters. The summed E-state index contributed by atoms with van der Waals surface area (Å²) in [6, 6.07) is 9.66. The number of hydrogen-bond acceptors (Lipinski definition) is 4. The molecule has 0 fully saturated rings. The standard InChI is InChI=1S/C19H15F3N4O3/c1-11-3-4-13(9-12(11)2)23-10-16-17(19(20,21)22)24-25(18(16)27)14-5-7-15(8-6-14)26(28)29/h3-10,24H,1-2H3. The van der Waals surface area contributed by atoms with Gasteiger partial charge in [-0.05, 0) is 49.2 Å². The van der Waals surface area contributed by atoms with Crippen LogP contribution in [0.1, 0.15) is 22.4 Å². The molecule has 1 heterocycles. The summed E-state index contributed by atoms with van der Waals surface area (Å²) < 4.78 is 41.0. The molecule has 0 aliphatic heterocycles. The number of benzene rings is 2. The first-order chi connectivity index (χ1) is 13.6. The van der Waals surface area contributed by atoms with Crippen LogP contribution in [0.15, 0.2) is 52.3 Å². The molecule has 7 nitrogen and oxygen atoms in total.